The van der Waals surface area contributed by atoms with Crippen molar-refractivity contribution in [2.24, 2.45) is 0 Å². The minimum atomic E-state index is -0.0187. The first-order valence-corrected chi connectivity index (χ1v) is 11.5. The molecule has 1 aromatic carbocycles. The number of aryl methyl sites for hydroxylation is 2. The number of fused-ring (bicyclic) bond motifs is 5. The number of hydrogen-bond acceptors (Lipinski definition) is 2. The number of carbonyl (C=O) groups is 1. The van der Waals surface area contributed by atoms with Gasteiger partial charge in [-0.15, -0.1) is 11.3 Å². The van der Waals surface area contributed by atoms with Gasteiger partial charge in [0.15, 0.2) is 0 Å². The van der Waals surface area contributed by atoms with Crippen LogP contribution in [0.15, 0.2) is 42.6 Å². The SMILES string of the molecule is CCc1ccccc1NC(=O)N1Cc2c(sc3c2CCCC3)-n2cccc2C1C. The summed E-state index contributed by atoms with van der Waals surface area (Å²) in [6.07, 6.45) is 7.90. The number of para-hydroxylation sites is 1. The highest BCUT2D eigenvalue weighted by molar-refractivity contribution is 7.15. The number of urea groups is 1. The highest BCUT2D eigenvalue weighted by atomic mass is 32.1. The van der Waals surface area contributed by atoms with Gasteiger partial charge in [0.1, 0.15) is 5.00 Å². The van der Waals surface area contributed by atoms with E-state index in [2.05, 4.69) is 48.1 Å². The van der Waals surface area contributed by atoms with Crippen LogP contribution in [0.3, 0.4) is 0 Å². The van der Waals surface area contributed by atoms with E-state index in [9.17, 15) is 4.79 Å². The Kier molecular flexibility index (Phi) is 4.70. The van der Waals surface area contributed by atoms with Gasteiger partial charge in [-0.1, -0.05) is 25.1 Å². The average molecular weight is 406 g/mol. The number of nitrogens with zero attached hydrogens (tertiary/aromatic N) is 2. The first-order chi connectivity index (χ1) is 14.2. The van der Waals surface area contributed by atoms with Crippen molar-refractivity contribution in [3.8, 4) is 5.00 Å². The van der Waals surface area contributed by atoms with Crippen LogP contribution in [0.2, 0.25) is 0 Å². The summed E-state index contributed by atoms with van der Waals surface area (Å²) in [4.78, 5) is 17.0. The summed E-state index contributed by atoms with van der Waals surface area (Å²) in [6, 6.07) is 12.3. The minimum Gasteiger partial charge on any atom is -0.312 e. The molecule has 5 rings (SSSR count). The molecule has 29 heavy (non-hydrogen) atoms. The molecule has 3 heterocycles. The normalized spacial score (nSPS) is 17.9. The summed E-state index contributed by atoms with van der Waals surface area (Å²) in [5.41, 5.74) is 6.11. The molecule has 150 valence electrons. The fourth-order valence-corrected chi connectivity index (χ4v) is 6.15. The van der Waals surface area contributed by atoms with E-state index in [1.165, 1.54) is 51.5 Å². The van der Waals surface area contributed by atoms with E-state index in [0.717, 1.165) is 18.5 Å². The Morgan fingerprint density at radius 2 is 1.97 bits per heavy atom. The first kappa shape index (κ1) is 18.5. The van der Waals surface area contributed by atoms with Crippen LogP contribution >= 0.6 is 11.3 Å². The second kappa shape index (κ2) is 7.38. The van der Waals surface area contributed by atoms with Gasteiger partial charge >= 0.3 is 6.03 Å². The van der Waals surface area contributed by atoms with Gasteiger partial charge in [-0.2, -0.15) is 0 Å². The zero-order chi connectivity index (χ0) is 20.0. The Balaban J connectivity index is 1.54. The van der Waals surface area contributed by atoms with E-state index in [0.29, 0.717) is 6.54 Å². The van der Waals surface area contributed by atoms with Crippen molar-refractivity contribution in [1.82, 2.24) is 9.47 Å². The molecule has 4 nitrogen and oxygen atoms in total. The van der Waals surface area contributed by atoms with Crippen molar-refractivity contribution in [3.05, 3.63) is 69.9 Å². The summed E-state index contributed by atoms with van der Waals surface area (Å²) < 4.78 is 2.32. The maximum Gasteiger partial charge on any atom is 0.322 e. The predicted molar refractivity (Wildman–Crippen MR) is 119 cm³/mol. The average Bonchev–Trinajstić information content (AvgIpc) is 3.34. The third-order valence-corrected chi connectivity index (χ3v) is 7.72. The van der Waals surface area contributed by atoms with Crippen LogP contribution in [-0.2, 0) is 25.8 Å². The largest absolute Gasteiger partial charge is 0.322 e. The Morgan fingerprint density at radius 3 is 2.83 bits per heavy atom. The molecule has 1 N–H and O–H groups in total. The first-order valence-electron chi connectivity index (χ1n) is 10.6. The lowest BCUT2D eigenvalue weighted by atomic mass is 9.95. The summed E-state index contributed by atoms with van der Waals surface area (Å²) in [7, 11) is 0. The predicted octanol–water partition coefficient (Wildman–Crippen LogP) is 6.09. The van der Waals surface area contributed by atoms with Gasteiger partial charge in [-0.25, -0.2) is 4.79 Å². The second-order valence-electron chi connectivity index (χ2n) is 8.04. The lowest BCUT2D eigenvalue weighted by Crippen LogP contribution is -2.36. The zero-order valence-corrected chi connectivity index (χ0v) is 17.9. The van der Waals surface area contributed by atoms with Gasteiger partial charge in [-0.3, -0.25) is 0 Å². The number of aromatic nitrogens is 1. The maximum atomic E-state index is 13.4. The van der Waals surface area contributed by atoms with Crippen molar-refractivity contribution in [2.45, 2.75) is 58.5 Å². The molecule has 1 aliphatic heterocycles. The van der Waals surface area contributed by atoms with Gasteiger partial charge in [0.05, 0.1) is 12.6 Å². The van der Waals surface area contributed by atoms with Crippen molar-refractivity contribution in [3.63, 3.8) is 0 Å². The molecule has 0 bridgehead atoms. The van der Waals surface area contributed by atoms with Crippen LogP contribution < -0.4 is 5.32 Å². The molecule has 0 saturated carbocycles. The Bertz CT molecular complexity index is 1060. The number of benzene rings is 1. The number of rotatable bonds is 2. The van der Waals surface area contributed by atoms with Crippen LogP contribution in [0.4, 0.5) is 10.5 Å². The summed E-state index contributed by atoms with van der Waals surface area (Å²) in [5, 5.41) is 4.51. The molecule has 0 fully saturated rings. The molecule has 2 aromatic heterocycles. The molecular formula is C24H27N3OS. The van der Waals surface area contributed by atoms with Crippen molar-refractivity contribution >= 4 is 23.1 Å². The fourth-order valence-electron chi connectivity index (χ4n) is 4.75. The number of amides is 2. The van der Waals surface area contributed by atoms with Crippen LogP contribution in [0.1, 0.15) is 60.0 Å². The smallest absolute Gasteiger partial charge is 0.312 e. The Morgan fingerprint density at radius 1 is 1.14 bits per heavy atom. The quantitative estimate of drug-likeness (QED) is 0.550. The number of anilines is 1. The number of carbonyl (C=O) groups excluding carboxylic acids is 1. The van der Waals surface area contributed by atoms with Crippen LogP contribution in [0.5, 0.6) is 0 Å². The zero-order valence-electron chi connectivity index (χ0n) is 17.1. The van der Waals surface area contributed by atoms with Crippen LogP contribution in [0.25, 0.3) is 5.00 Å². The summed E-state index contributed by atoms with van der Waals surface area (Å²) in [6.45, 7) is 4.93. The van der Waals surface area contributed by atoms with Crippen LogP contribution in [-0.4, -0.2) is 15.5 Å². The van der Waals surface area contributed by atoms with Gasteiger partial charge in [0, 0.05) is 28.0 Å². The standard InChI is InChI=1S/C24H27N3OS/c1-3-17-9-4-6-11-20(17)25-24(28)27-15-19-18-10-5-7-13-22(18)29-23(19)26-14-8-12-21(26)16(27)2/h4,6,8-9,11-12,14,16H,3,5,7,10,13,15H2,1-2H3,(H,25,28). The third kappa shape index (κ3) is 3.08. The highest BCUT2D eigenvalue weighted by Crippen LogP contribution is 2.42. The van der Waals surface area contributed by atoms with Gasteiger partial charge in [-0.05, 0) is 68.4 Å². The highest BCUT2D eigenvalue weighted by Gasteiger charge is 2.33. The molecule has 0 radical (unpaired) electrons. The van der Waals surface area contributed by atoms with Crippen molar-refractivity contribution in [2.75, 3.05) is 5.32 Å². The molecule has 0 saturated heterocycles. The summed E-state index contributed by atoms with van der Waals surface area (Å²) in [5.74, 6) is 0. The summed E-state index contributed by atoms with van der Waals surface area (Å²) >= 11 is 1.93. The monoisotopic (exact) mass is 405 g/mol. The molecule has 2 amide bonds. The molecule has 1 aliphatic carbocycles. The van der Waals surface area contributed by atoms with E-state index in [-0.39, 0.29) is 12.1 Å². The third-order valence-electron chi connectivity index (χ3n) is 6.38. The lowest BCUT2D eigenvalue weighted by molar-refractivity contribution is 0.189. The number of hydrogen-bond donors (Lipinski definition) is 1. The molecule has 1 unspecified atom stereocenters. The second-order valence-corrected chi connectivity index (χ2v) is 9.13. The molecule has 5 heteroatoms. The number of thiophene rings is 1. The molecule has 1 atom stereocenters. The Hall–Kier alpha value is -2.53. The topological polar surface area (TPSA) is 37.3 Å². The van der Waals surface area contributed by atoms with E-state index < -0.39 is 0 Å². The van der Waals surface area contributed by atoms with Crippen LogP contribution in [0, 0.1) is 0 Å². The Labute approximate surface area is 176 Å². The molecule has 2 aliphatic rings. The molecule has 3 aromatic rings. The van der Waals surface area contributed by atoms with Crippen molar-refractivity contribution < 1.29 is 4.79 Å². The van der Waals surface area contributed by atoms with Gasteiger partial charge in [0.25, 0.3) is 0 Å². The van der Waals surface area contributed by atoms with E-state index in [1.807, 2.05) is 34.4 Å². The van der Waals surface area contributed by atoms with Gasteiger partial charge < -0.3 is 14.8 Å². The maximum absolute atomic E-state index is 13.4. The van der Waals surface area contributed by atoms with Gasteiger partial charge in [0.2, 0.25) is 0 Å². The minimum absolute atomic E-state index is 0.0117. The van der Waals surface area contributed by atoms with E-state index in [1.54, 1.807) is 0 Å². The molecule has 0 spiro atoms. The van der Waals surface area contributed by atoms with E-state index >= 15 is 0 Å². The van der Waals surface area contributed by atoms with E-state index in [4.69, 9.17) is 0 Å². The lowest BCUT2D eigenvalue weighted by Gasteiger charge is -2.28. The molecular weight excluding hydrogens is 378 g/mol. The van der Waals surface area contributed by atoms with Crippen molar-refractivity contribution in [1.29, 1.82) is 0 Å². The number of nitrogens with one attached hydrogen (secondary N) is 1. The fraction of sp³-hybridized carbons (Fsp3) is 0.375.